The van der Waals surface area contributed by atoms with E-state index in [9.17, 15) is 4.79 Å². The zero-order chi connectivity index (χ0) is 12.3. The van der Waals surface area contributed by atoms with E-state index in [4.69, 9.17) is 0 Å². The number of piperidine rings is 1. The molecule has 2 atom stereocenters. The van der Waals surface area contributed by atoms with E-state index in [2.05, 4.69) is 29.6 Å². The number of nitrogens with one attached hydrogen (secondary N) is 2. The Labute approximate surface area is 98.7 Å². The number of hydrogen-bond donors (Lipinski definition) is 2. The SMILES string of the molecule is CC1CCCC(C)N1NC(=O)NC(C)(C)C. The summed E-state index contributed by atoms with van der Waals surface area (Å²) in [5, 5.41) is 4.99. The van der Waals surface area contributed by atoms with Crippen molar-refractivity contribution < 1.29 is 4.79 Å². The zero-order valence-corrected chi connectivity index (χ0v) is 11.1. The van der Waals surface area contributed by atoms with Gasteiger partial charge in [-0.1, -0.05) is 6.42 Å². The molecule has 1 aliphatic rings. The van der Waals surface area contributed by atoms with E-state index in [0.717, 1.165) is 12.8 Å². The minimum absolute atomic E-state index is 0.104. The number of nitrogens with zero attached hydrogens (tertiary/aromatic N) is 1. The van der Waals surface area contributed by atoms with E-state index in [-0.39, 0.29) is 11.6 Å². The molecule has 16 heavy (non-hydrogen) atoms. The van der Waals surface area contributed by atoms with Crippen LogP contribution in [0.2, 0.25) is 0 Å². The molecule has 0 aromatic carbocycles. The van der Waals surface area contributed by atoms with Gasteiger partial charge in [0.1, 0.15) is 0 Å². The van der Waals surface area contributed by atoms with Gasteiger partial charge in [0.25, 0.3) is 0 Å². The third-order valence-corrected chi connectivity index (χ3v) is 2.91. The van der Waals surface area contributed by atoms with Gasteiger partial charge in [-0.15, -0.1) is 0 Å². The van der Waals surface area contributed by atoms with E-state index in [1.165, 1.54) is 6.42 Å². The smallest absolute Gasteiger partial charge is 0.329 e. The maximum atomic E-state index is 11.8. The Balaban J connectivity index is 2.48. The molecule has 0 aromatic rings. The Morgan fingerprint density at radius 3 is 2.12 bits per heavy atom. The van der Waals surface area contributed by atoms with Gasteiger partial charge in [-0.2, -0.15) is 0 Å². The van der Waals surface area contributed by atoms with Crippen LogP contribution in [-0.2, 0) is 0 Å². The number of urea groups is 1. The molecule has 2 amide bonds. The summed E-state index contributed by atoms with van der Waals surface area (Å²) in [6.45, 7) is 10.3. The largest absolute Gasteiger partial charge is 0.332 e. The molecule has 0 spiro atoms. The average Bonchev–Trinajstić information content (AvgIpc) is 2.08. The van der Waals surface area contributed by atoms with Crippen LogP contribution in [0, 0.1) is 0 Å². The first-order chi connectivity index (χ1) is 7.29. The van der Waals surface area contributed by atoms with E-state index in [1.807, 2.05) is 20.8 Å². The van der Waals surface area contributed by atoms with Gasteiger partial charge in [-0.25, -0.2) is 9.80 Å². The molecule has 2 unspecified atom stereocenters. The van der Waals surface area contributed by atoms with Gasteiger partial charge in [0.15, 0.2) is 0 Å². The van der Waals surface area contributed by atoms with Gasteiger partial charge < -0.3 is 5.32 Å². The lowest BCUT2D eigenvalue weighted by Gasteiger charge is -2.39. The van der Waals surface area contributed by atoms with Gasteiger partial charge in [-0.3, -0.25) is 5.43 Å². The van der Waals surface area contributed by atoms with E-state index < -0.39 is 0 Å². The van der Waals surface area contributed by atoms with Crippen LogP contribution in [0.1, 0.15) is 53.9 Å². The molecule has 0 saturated carbocycles. The molecule has 0 aliphatic carbocycles. The Hall–Kier alpha value is -0.770. The predicted octanol–water partition coefficient (Wildman–Crippen LogP) is 2.26. The Kier molecular flexibility index (Phi) is 4.19. The first-order valence-electron chi connectivity index (χ1n) is 6.17. The maximum Gasteiger partial charge on any atom is 0.329 e. The summed E-state index contributed by atoms with van der Waals surface area (Å²) in [4.78, 5) is 11.8. The molecule has 1 rings (SSSR count). The number of carbonyl (C=O) groups excluding carboxylic acids is 1. The first-order valence-corrected chi connectivity index (χ1v) is 6.17. The highest BCUT2D eigenvalue weighted by atomic mass is 16.2. The maximum absolute atomic E-state index is 11.8. The lowest BCUT2D eigenvalue weighted by molar-refractivity contribution is 0.0580. The summed E-state index contributed by atoms with van der Waals surface area (Å²) in [6.07, 6.45) is 3.56. The molecule has 2 N–H and O–H groups in total. The zero-order valence-electron chi connectivity index (χ0n) is 11.1. The molecular formula is C12H25N3O. The summed E-state index contributed by atoms with van der Waals surface area (Å²) >= 11 is 0. The fourth-order valence-corrected chi connectivity index (χ4v) is 2.13. The van der Waals surface area contributed by atoms with Crippen molar-refractivity contribution in [3.63, 3.8) is 0 Å². The number of hydrazine groups is 1. The second-order valence-electron chi connectivity index (χ2n) is 5.85. The summed E-state index contributed by atoms with van der Waals surface area (Å²) in [5.41, 5.74) is 2.77. The molecule has 94 valence electrons. The lowest BCUT2D eigenvalue weighted by atomic mass is 10.00. The quantitative estimate of drug-likeness (QED) is 0.721. The lowest BCUT2D eigenvalue weighted by Crippen LogP contribution is -2.58. The Bertz CT molecular complexity index is 237. The second kappa shape index (κ2) is 5.04. The van der Waals surface area contributed by atoms with Crippen molar-refractivity contribution in [2.24, 2.45) is 0 Å². The standard InChI is InChI=1S/C12H25N3O/c1-9-7-6-8-10(2)15(9)14-11(16)13-12(3,4)5/h9-10H,6-8H2,1-5H3,(H2,13,14,16). The van der Waals surface area contributed by atoms with Crippen molar-refractivity contribution in [1.29, 1.82) is 0 Å². The summed E-state index contributed by atoms with van der Waals surface area (Å²) in [7, 11) is 0. The molecule has 1 fully saturated rings. The van der Waals surface area contributed by atoms with Gasteiger partial charge in [0.2, 0.25) is 0 Å². The summed E-state index contributed by atoms with van der Waals surface area (Å²) in [6, 6.07) is 0.747. The Morgan fingerprint density at radius 1 is 1.19 bits per heavy atom. The van der Waals surface area contributed by atoms with E-state index in [1.54, 1.807) is 0 Å². The topological polar surface area (TPSA) is 44.4 Å². The minimum Gasteiger partial charge on any atom is -0.332 e. The van der Waals surface area contributed by atoms with E-state index in [0.29, 0.717) is 12.1 Å². The van der Waals surface area contributed by atoms with Gasteiger partial charge in [0, 0.05) is 17.6 Å². The van der Waals surface area contributed by atoms with Crippen LogP contribution in [0.25, 0.3) is 0 Å². The van der Waals surface area contributed by atoms with Crippen LogP contribution in [0.15, 0.2) is 0 Å². The summed E-state index contributed by atoms with van der Waals surface area (Å²) in [5.74, 6) is 0. The Morgan fingerprint density at radius 2 is 1.69 bits per heavy atom. The fourth-order valence-electron chi connectivity index (χ4n) is 2.13. The highest BCUT2D eigenvalue weighted by Crippen LogP contribution is 2.20. The average molecular weight is 227 g/mol. The number of hydrogen-bond acceptors (Lipinski definition) is 2. The normalized spacial score (nSPS) is 27.6. The molecule has 1 saturated heterocycles. The van der Waals surface area contributed by atoms with Crippen molar-refractivity contribution in [1.82, 2.24) is 15.8 Å². The van der Waals surface area contributed by atoms with Crippen LogP contribution in [-0.4, -0.2) is 28.7 Å². The molecule has 0 aromatic heterocycles. The first kappa shape index (κ1) is 13.3. The van der Waals surface area contributed by atoms with Crippen molar-refractivity contribution in [2.45, 2.75) is 71.5 Å². The van der Waals surface area contributed by atoms with Gasteiger partial charge >= 0.3 is 6.03 Å². The number of carbonyl (C=O) groups is 1. The van der Waals surface area contributed by atoms with Gasteiger partial charge in [0.05, 0.1) is 0 Å². The van der Waals surface area contributed by atoms with Crippen molar-refractivity contribution >= 4 is 6.03 Å². The third kappa shape index (κ3) is 4.00. The molecule has 0 radical (unpaired) electrons. The molecular weight excluding hydrogens is 202 g/mol. The highest BCUT2D eigenvalue weighted by Gasteiger charge is 2.26. The second-order valence-corrected chi connectivity index (χ2v) is 5.85. The number of rotatable bonds is 1. The monoisotopic (exact) mass is 227 g/mol. The summed E-state index contributed by atoms with van der Waals surface area (Å²) < 4.78 is 0. The highest BCUT2D eigenvalue weighted by molar-refractivity contribution is 5.74. The number of amides is 2. The molecule has 1 heterocycles. The molecule has 4 nitrogen and oxygen atoms in total. The molecule has 0 bridgehead atoms. The molecule has 4 heteroatoms. The third-order valence-electron chi connectivity index (χ3n) is 2.91. The molecule has 1 aliphatic heterocycles. The van der Waals surface area contributed by atoms with Crippen molar-refractivity contribution in [3.8, 4) is 0 Å². The fraction of sp³-hybridized carbons (Fsp3) is 0.917. The van der Waals surface area contributed by atoms with Crippen molar-refractivity contribution in [2.75, 3.05) is 0 Å². The van der Waals surface area contributed by atoms with Crippen LogP contribution in [0.3, 0.4) is 0 Å². The predicted molar refractivity (Wildman–Crippen MR) is 66.0 cm³/mol. The van der Waals surface area contributed by atoms with Crippen LogP contribution < -0.4 is 10.7 Å². The van der Waals surface area contributed by atoms with E-state index >= 15 is 0 Å². The van der Waals surface area contributed by atoms with Crippen molar-refractivity contribution in [3.05, 3.63) is 0 Å². The van der Waals surface area contributed by atoms with Crippen LogP contribution >= 0.6 is 0 Å². The van der Waals surface area contributed by atoms with Gasteiger partial charge in [-0.05, 0) is 47.5 Å². The van der Waals surface area contributed by atoms with Crippen LogP contribution in [0.4, 0.5) is 4.79 Å². The minimum atomic E-state index is -0.188. The van der Waals surface area contributed by atoms with Crippen LogP contribution in [0.5, 0.6) is 0 Å².